The van der Waals surface area contributed by atoms with Gasteiger partial charge in [-0.25, -0.2) is 0 Å². The molecule has 1 amide bonds. The van der Waals surface area contributed by atoms with Gasteiger partial charge in [-0.2, -0.15) is 0 Å². The standard InChI is InChI=1S/C14H23N3O4/c1-4-6-16-9-11(17(20)21)8-13(16)14(19)15-12(5-7-18)10(2)3/h8-10,12,18H,4-7H2,1-3H3,(H,15,19). The molecule has 21 heavy (non-hydrogen) atoms. The van der Waals surface area contributed by atoms with Crippen LogP contribution in [0.3, 0.4) is 0 Å². The van der Waals surface area contributed by atoms with Crippen LogP contribution in [0.15, 0.2) is 12.3 Å². The summed E-state index contributed by atoms with van der Waals surface area (Å²) < 4.78 is 1.60. The third-order valence-corrected chi connectivity index (χ3v) is 3.35. The lowest BCUT2D eigenvalue weighted by Crippen LogP contribution is -2.40. The van der Waals surface area contributed by atoms with E-state index in [1.165, 1.54) is 12.3 Å². The maximum Gasteiger partial charge on any atom is 0.287 e. The largest absolute Gasteiger partial charge is 0.396 e. The van der Waals surface area contributed by atoms with Gasteiger partial charge in [-0.05, 0) is 18.8 Å². The Labute approximate surface area is 124 Å². The van der Waals surface area contributed by atoms with Crippen LogP contribution in [0.2, 0.25) is 0 Å². The summed E-state index contributed by atoms with van der Waals surface area (Å²) in [4.78, 5) is 22.7. The Kier molecular flexibility index (Phi) is 6.36. The number of amides is 1. The number of aromatic nitrogens is 1. The normalized spacial score (nSPS) is 12.4. The Hall–Kier alpha value is -1.89. The maximum absolute atomic E-state index is 12.3. The molecule has 0 radical (unpaired) electrons. The van der Waals surface area contributed by atoms with E-state index in [0.29, 0.717) is 13.0 Å². The van der Waals surface area contributed by atoms with Gasteiger partial charge >= 0.3 is 0 Å². The fourth-order valence-electron chi connectivity index (χ4n) is 2.16. The predicted molar refractivity (Wildman–Crippen MR) is 79.2 cm³/mol. The number of aliphatic hydroxyl groups is 1. The van der Waals surface area contributed by atoms with E-state index < -0.39 is 4.92 Å². The van der Waals surface area contributed by atoms with Crippen LogP contribution < -0.4 is 5.32 Å². The highest BCUT2D eigenvalue weighted by Crippen LogP contribution is 2.18. The van der Waals surface area contributed by atoms with Gasteiger partial charge in [0.1, 0.15) is 5.69 Å². The molecule has 1 atom stereocenters. The average Bonchev–Trinajstić information content (AvgIpc) is 2.82. The number of aryl methyl sites for hydroxylation is 1. The molecular weight excluding hydrogens is 274 g/mol. The van der Waals surface area contributed by atoms with Crippen molar-refractivity contribution in [3.8, 4) is 0 Å². The molecule has 0 spiro atoms. The van der Waals surface area contributed by atoms with E-state index in [-0.39, 0.29) is 35.9 Å². The zero-order chi connectivity index (χ0) is 16.0. The lowest BCUT2D eigenvalue weighted by atomic mass is 10.0. The van der Waals surface area contributed by atoms with E-state index in [2.05, 4.69) is 5.32 Å². The molecule has 7 nitrogen and oxygen atoms in total. The first kappa shape index (κ1) is 17.2. The minimum absolute atomic E-state index is 0.0146. The lowest BCUT2D eigenvalue weighted by Gasteiger charge is -2.21. The van der Waals surface area contributed by atoms with E-state index in [1.54, 1.807) is 4.57 Å². The molecule has 1 aromatic heterocycles. The van der Waals surface area contributed by atoms with Crippen LogP contribution in [0.4, 0.5) is 5.69 Å². The number of carbonyl (C=O) groups excluding carboxylic acids is 1. The summed E-state index contributed by atoms with van der Waals surface area (Å²) in [6, 6.07) is 1.13. The van der Waals surface area contributed by atoms with Gasteiger partial charge in [-0.15, -0.1) is 0 Å². The number of rotatable bonds is 8. The van der Waals surface area contributed by atoms with Crippen molar-refractivity contribution >= 4 is 11.6 Å². The van der Waals surface area contributed by atoms with Crippen molar-refractivity contribution in [3.63, 3.8) is 0 Å². The second kappa shape index (κ2) is 7.78. The van der Waals surface area contributed by atoms with Crippen LogP contribution in [0.25, 0.3) is 0 Å². The second-order valence-corrected chi connectivity index (χ2v) is 5.37. The quantitative estimate of drug-likeness (QED) is 0.566. The van der Waals surface area contributed by atoms with Crippen LogP contribution in [-0.4, -0.2) is 33.2 Å². The summed E-state index contributed by atoms with van der Waals surface area (Å²) >= 11 is 0. The molecule has 7 heteroatoms. The van der Waals surface area contributed by atoms with Crippen molar-refractivity contribution in [2.24, 2.45) is 5.92 Å². The van der Waals surface area contributed by atoms with Gasteiger partial charge in [-0.3, -0.25) is 14.9 Å². The van der Waals surface area contributed by atoms with Crippen molar-refractivity contribution < 1.29 is 14.8 Å². The number of hydrogen-bond donors (Lipinski definition) is 2. The Morgan fingerprint density at radius 3 is 2.67 bits per heavy atom. The molecule has 1 rings (SSSR count). The van der Waals surface area contributed by atoms with E-state index >= 15 is 0 Å². The van der Waals surface area contributed by atoms with E-state index in [1.807, 2.05) is 20.8 Å². The summed E-state index contributed by atoms with van der Waals surface area (Å²) in [5, 5.41) is 22.7. The first-order valence-electron chi connectivity index (χ1n) is 7.17. The highest BCUT2D eigenvalue weighted by atomic mass is 16.6. The van der Waals surface area contributed by atoms with Gasteiger partial charge in [0.15, 0.2) is 0 Å². The molecule has 118 valence electrons. The third-order valence-electron chi connectivity index (χ3n) is 3.35. The zero-order valence-corrected chi connectivity index (χ0v) is 12.7. The first-order valence-corrected chi connectivity index (χ1v) is 7.17. The van der Waals surface area contributed by atoms with Crippen molar-refractivity contribution in [2.45, 2.75) is 46.2 Å². The van der Waals surface area contributed by atoms with Crippen LogP contribution in [0.1, 0.15) is 44.1 Å². The monoisotopic (exact) mass is 297 g/mol. The van der Waals surface area contributed by atoms with Gasteiger partial charge in [0.05, 0.1) is 11.1 Å². The highest BCUT2D eigenvalue weighted by Gasteiger charge is 2.22. The van der Waals surface area contributed by atoms with E-state index in [9.17, 15) is 14.9 Å². The molecule has 2 N–H and O–H groups in total. The minimum Gasteiger partial charge on any atom is -0.396 e. The minimum atomic E-state index is -0.503. The number of nitrogens with one attached hydrogen (secondary N) is 1. The molecule has 0 aliphatic heterocycles. The fourth-order valence-corrected chi connectivity index (χ4v) is 2.16. The zero-order valence-electron chi connectivity index (χ0n) is 12.7. The Morgan fingerprint density at radius 1 is 1.52 bits per heavy atom. The van der Waals surface area contributed by atoms with Crippen molar-refractivity contribution in [1.29, 1.82) is 0 Å². The Bertz CT molecular complexity index is 496. The molecule has 0 saturated heterocycles. The average molecular weight is 297 g/mol. The summed E-state index contributed by atoms with van der Waals surface area (Å²) in [7, 11) is 0. The van der Waals surface area contributed by atoms with Gasteiger partial charge in [-0.1, -0.05) is 20.8 Å². The van der Waals surface area contributed by atoms with Crippen LogP contribution >= 0.6 is 0 Å². The number of nitro groups is 1. The highest BCUT2D eigenvalue weighted by molar-refractivity contribution is 5.93. The van der Waals surface area contributed by atoms with Gasteiger partial charge in [0.2, 0.25) is 0 Å². The molecule has 0 aromatic carbocycles. The Balaban J connectivity index is 2.96. The maximum atomic E-state index is 12.3. The summed E-state index contributed by atoms with van der Waals surface area (Å²) in [6.07, 6.45) is 2.62. The molecule has 0 aliphatic carbocycles. The number of carbonyl (C=O) groups is 1. The third kappa shape index (κ3) is 4.56. The smallest absolute Gasteiger partial charge is 0.287 e. The molecule has 1 heterocycles. The van der Waals surface area contributed by atoms with Gasteiger partial charge in [0, 0.05) is 25.3 Å². The van der Waals surface area contributed by atoms with Crippen LogP contribution in [0.5, 0.6) is 0 Å². The second-order valence-electron chi connectivity index (χ2n) is 5.37. The van der Waals surface area contributed by atoms with Crippen LogP contribution in [-0.2, 0) is 6.54 Å². The molecule has 0 saturated carbocycles. The molecule has 0 bridgehead atoms. The Morgan fingerprint density at radius 2 is 2.19 bits per heavy atom. The molecular formula is C14H23N3O4. The summed E-state index contributed by atoms with van der Waals surface area (Å²) in [5.41, 5.74) is 0.198. The number of hydrogen-bond acceptors (Lipinski definition) is 4. The topological polar surface area (TPSA) is 97.4 Å². The van der Waals surface area contributed by atoms with Crippen LogP contribution in [0, 0.1) is 16.0 Å². The number of nitrogens with zero attached hydrogens (tertiary/aromatic N) is 2. The SMILES string of the molecule is CCCn1cc([N+](=O)[O-])cc1C(=O)NC(CCO)C(C)C. The van der Waals surface area contributed by atoms with E-state index in [0.717, 1.165) is 6.42 Å². The molecule has 1 unspecified atom stereocenters. The summed E-state index contributed by atoms with van der Waals surface area (Å²) in [6.45, 7) is 6.38. The van der Waals surface area contributed by atoms with Crippen molar-refractivity contribution in [3.05, 3.63) is 28.1 Å². The van der Waals surface area contributed by atoms with Gasteiger partial charge in [0.25, 0.3) is 11.6 Å². The predicted octanol–water partition coefficient (Wildman–Crippen LogP) is 1.94. The van der Waals surface area contributed by atoms with Crippen molar-refractivity contribution in [1.82, 2.24) is 9.88 Å². The number of aliphatic hydroxyl groups excluding tert-OH is 1. The molecule has 0 aliphatic rings. The molecule has 1 aromatic rings. The van der Waals surface area contributed by atoms with E-state index in [4.69, 9.17) is 5.11 Å². The summed E-state index contributed by atoms with van der Waals surface area (Å²) in [5.74, 6) is -0.172. The fraction of sp³-hybridized carbons (Fsp3) is 0.643. The molecule has 0 fully saturated rings. The van der Waals surface area contributed by atoms with Crippen molar-refractivity contribution in [2.75, 3.05) is 6.61 Å². The van der Waals surface area contributed by atoms with Gasteiger partial charge < -0.3 is 15.0 Å². The first-order chi connectivity index (χ1) is 9.90. The lowest BCUT2D eigenvalue weighted by molar-refractivity contribution is -0.384.